The maximum absolute atomic E-state index is 11.4. The molecule has 1 heterocycles. The van der Waals surface area contributed by atoms with Crippen LogP contribution in [-0.4, -0.2) is 24.8 Å². The molecule has 1 amide bonds. The molecule has 0 radical (unpaired) electrons. The summed E-state index contributed by atoms with van der Waals surface area (Å²) in [5.41, 5.74) is 1.23. The molecule has 1 atom stereocenters. The molecule has 0 saturated carbocycles. The van der Waals surface area contributed by atoms with Crippen LogP contribution in [0, 0.1) is 0 Å². The first kappa shape index (κ1) is 14.2. The lowest BCUT2D eigenvalue weighted by molar-refractivity contribution is -0.782. The summed E-state index contributed by atoms with van der Waals surface area (Å²) in [5, 5.41) is 9.33. The monoisotopic (exact) mass is 275 g/mol. The normalized spacial score (nSPS) is 12.1. The zero-order valence-corrected chi connectivity index (χ0v) is 11.7. The van der Waals surface area contributed by atoms with Crippen LogP contribution in [0.25, 0.3) is 0 Å². The highest BCUT2D eigenvalue weighted by Crippen LogP contribution is 2.09. The molecule has 0 spiro atoms. The lowest BCUT2D eigenvalue weighted by atomic mass is 10.1. The summed E-state index contributed by atoms with van der Waals surface area (Å²) < 4.78 is 6.80. The summed E-state index contributed by atoms with van der Waals surface area (Å²) in [7, 11) is 1.71. The van der Waals surface area contributed by atoms with Crippen molar-refractivity contribution in [2.75, 3.05) is 18.9 Å². The van der Waals surface area contributed by atoms with Crippen LogP contribution in [0.2, 0.25) is 0 Å². The molecule has 2 aromatic rings. The van der Waals surface area contributed by atoms with Gasteiger partial charge in [-0.3, -0.25) is 14.6 Å². The van der Waals surface area contributed by atoms with Crippen molar-refractivity contribution in [3.8, 4) is 0 Å². The van der Waals surface area contributed by atoms with Gasteiger partial charge in [0, 0.05) is 13.3 Å². The number of carbonyl (C=O) groups is 1. The Morgan fingerprint density at radius 1 is 1.40 bits per heavy atom. The predicted molar refractivity (Wildman–Crippen MR) is 74.1 cm³/mol. The second kappa shape index (κ2) is 6.81. The minimum Gasteiger partial charge on any atom is -0.311 e. The molecule has 20 heavy (non-hydrogen) atoms. The van der Waals surface area contributed by atoms with Gasteiger partial charge in [-0.25, -0.2) is 0 Å². The second-order valence-electron chi connectivity index (χ2n) is 4.66. The van der Waals surface area contributed by atoms with E-state index in [2.05, 4.69) is 35.0 Å². The Kier molecular flexibility index (Phi) is 4.84. The molecule has 1 aromatic carbocycles. The molecule has 0 aliphatic rings. The Morgan fingerprint density at radius 2 is 2.15 bits per heavy atom. The third-order valence-corrected chi connectivity index (χ3v) is 2.91. The van der Waals surface area contributed by atoms with Gasteiger partial charge >= 0.3 is 5.88 Å². The van der Waals surface area contributed by atoms with Crippen LogP contribution in [-0.2, 0) is 11.2 Å². The molecule has 0 bridgehead atoms. The van der Waals surface area contributed by atoms with Crippen LogP contribution < -0.4 is 15.3 Å². The highest BCUT2D eigenvalue weighted by atomic mass is 16.5. The number of benzene rings is 1. The lowest BCUT2D eigenvalue weighted by Crippen LogP contribution is -2.40. The number of hydrogen-bond donors (Lipinski definition) is 2. The largest absolute Gasteiger partial charge is 0.311 e. The fourth-order valence-corrected chi connectivity index (χ4v) is 1.91. The summed E-state index contributed by atoms with van der Waals surface area (Å²) >= 11 is 0. The summed E-state index contributed by atoms with van der Waals surface area (Å²) in [6.45, 7) is 2.29. The Bertz CT molecular complexity index is 553. The molecule has 6 heteroatoms. The van der Waals surface area contributed by atoms with Crippen molar-refractivity contribution in [1.82, 2.24) is 10.6 Å². The zero-order chi connectivity index (χ0) is 14.4. The third-order valence-electron chi connectivity index (χ3n) is 2.91. The van der Waals surface area contributed by atoms with Gasteiger partial charge in [-0.2, -0.15) is 0 Å². The van der Waals surface area contributed by atoms with Gasteiger partial charge < -0.3 is 5.32 Å². The Balaban J connectivity index is 1.96. The predicted octanol–water partition coefficient (Wildman–Crippen LogP) is 0.924. The topological polar surface area (TPSA) is 71.0 Å². The number of nitrogens with zero attached hydrogens (tertiary/aromatic N) is 2. The molecular weight excluding hydrogens is 256 g/mol. The summed E-state index contributed by atoms with van der Waals surface area (Å²) in [6, 6.07) is 10.3. The third kappa shape index (κ3) is 3.89. The number of rotatable bonds is 6. The van der Waals surface area contributed by atoms with Crippen LogP contribution in [0.3, 0.4) is 0 Å². The first-order valence-electron chi connectivity index (χ1n) is 6.55. The molecular formula is C14H19N4O2+. The van der Waals surface area contributed by atoms with Gasteiger partial charge in [0.2, 0.25) is 11.2 Å². The average molecular weight is 275 g/mol. The van der Waals surface area contributed by atoms with E-state index in [4.69, 9.17) is 4.52 Å². The van der Waals surface area contributed by atoms with Crippen LogP contribution in [0.15, 0.2) is 41.1 Å². The van der Waals surface area contributed by atoms with Crippen molar-refractivity contribution in [1.29, 1.82) is 0 Å². The molecule has 0 aliphatic carbocycles. The van der Waals surface area contributed by atoms with Gasteiger partial charge in [0.05, 0.1) is 6.54 Å². The van der Waals surface area contributed by atoms with Gasteiger partial charge in [0.15, 0.2) is 6.04 Å². The van der Waals surface area contributed by atoms with E-state index in [1.807, 2.05) is 18.2 Å². The molecule has 0 saturated heterocycles. The Morgan fingerprint density at radius 3 is 2.85 bits per heavy atom. The lowest BCUT2D eigenvalue weighted by Gasteiger charge is -2.01. The molecule has 1 unspecified atom stereocenters. The molecule has 2 N–H and O–H groups in total. The number of anilines is 1. The second-order valence-corrected chi connectivity index (χ2v) is 4.66. The van der Waals surface area contributed by atoms with E-state index in [0.717, 1.165) is 6.42 Å². The highest BCUT2D eigenvalue weighted by Gasteiger charge is 2.20. The fraction of sp³-hybridized carbons (Fsp3) is 0.357. The zero-order valence-electron chi connectivity index (χ0n) is 11.7. The number of carbonyl (C=O) groups excluding carboxylic acids is 1. The fourth-order valence-electron chi connectivity index (χ4n) is 1.91. The van der Waals surface area contributed by atoms with Gasteiger partial charge in [0.1, 0.15) is 0 Å². The van der Waals surface area contributed by atoms with E-state index in [1.54, 1.807) is 17.9 Å². The quantitative estimate of drug-likeness (QED) is 0.769. The highest BCUT2D eigenvalue weighted by molar-refractivity contribution is 5.90. The molecule has 6 nitrogen and oxygen atoms in total. The van der Waals surface area contributed by atoms with Crippen LogP contribution in [0.1, 0.15) is 18.5 Å². The summed E-state index contributed by atoms with van der Waals surface area (Å²) in [4.78, 5) is 11.4. The van der Waals surface area contributed by atoms with Gasteiger partial charge in [-0.1, -0.05) is 30.3 Å². The molecule has 1 aromatic heterocycles. The van der Waals surface area contributed by atoms with Crippen molar-refractivity contribution in [2.24, 2.45) is 0 Å². The molecule has 2 rings (SSSR count). The van der Waals surface area contributed by atoms with Crippen LogP contribution in [0.5, 0.6) is 0 Å². The maximum Gasteiger partial charge on any atom is 0.302 e. The summed E-state index contributed by atoms with van der Waals surface area (Å²) in [6.07, 6.45) is 2.54. The first-order chi connectivity index (χ1) is 9.69. The minimum atomic E-state index is -0.161. The first-order valence-corrected chi connectivity index (χ1v) is 6.55. The number of aromatic nitrogens is 2. The Hall–Kier alpha value is -2.21. The number of likely N-dealkylation sites (N-methyl/N-ethyl adjacent to an activating group) is 1. The van der Waals surface area contributed by atoms with Gasteiger partial charge in [-0.15, -0.1) is 0 Å². The molecule has 0 aliphatic heterocycles. The van der Waals surface area contributed by atoms with Gasteiger partial charge in [0.25, 0.3) is 6.20 Å². The molecule has 106 valence electrons. The van der Waals surface area contributed by atoms with Crippen molar-refractivity contribution >= 4 is 11.8 Å². The smallest absolute Gasteiger partial charge is 0.302 e. The van der Waals surface area contributed by atoms with E-state index >= 15 is 0 Å². The van der Waals surface area contributed by atoms with E-state index in [1.165, 1.54) is 5.56 Å². The standard InChI is InChI=1S/C14H18N4O2/c1-11(8-12-6-4-3-5-7-12)18-10-14(20-17-18)16-13(19)9-15-2/h3-7,10-11,15H,8-9H2,1-2H3/p+1. The Labute approximate surface area is 117 Å². The van der Waals surface area contributed by atoms with Crippen molar-refractivity contribution in [2.45, 2.75) is 19.4 Å². The van der Waals surface area contributed by atoms with Crippen LogP contribution >= 0.6 is 0 Å². The van der Waals surface area contributed by atoms with Crippen molar-refractivity contribution in [3.05, 3.63) is 42.1 Å². The SMILES string of the molecule is CNCC(=O)Nc1c[n+](C(C)Cc2ccccc2)no1. The van der Waals surface area contributed by atoms with Crippen molar-refractivity contribution in [3.63, 3.8) is 0 Å². The number of amides is 1. The number of nitrogens with one attached hydrogen (secondary N) is 2. The number of hydrogen-bond acceptors (Lipinski definition) is 4. The summed E-state index contributed by atoms with van der Waals surface area (Å²) in [5.74, 6) is 0.191. The van der Waals surface area contributed by atoms with Crippen LogP contribution in [0.4, 0.5) is 5.88 Å². The van der Waals surface area contributed by atoms with E-state index in [0.29, 0.717) is 5.88 Å². The van der Waals surface area contributed by atoms with Crippen molar-refractivity contribution < 1.29 is 14.0 Å². The van der Waals surface area contributed by atoms with E-state index in [9.17, 15) is 4.79 Å². The van der Waals surface area contributed by atoms with Gasteiger partial charge in [-0.05, 0) is 17.3 Å². The molecule has 0 fully saturated rings. The van der Waals surface area contributed by atoms with E-state index < -0.39 is 0 Å². The van der Waals surface area contributed by atoms with E-state index in [-0.39, 0.29) is 18.5 Å². The minimum absolute atomic E-state index is 0.149. The maximum atomic E-state index is 11.4. The average Bonchev–Trinajstić information content (AvgIpc) is 2.88.